The summed E-state index contributed by atoms with van der Waals surface area (Å²) in [6, 6.07) is 15.7. The van der Waals surface area contributed by atoms with E-state index < -0.39 is 5.54 Å². The van der Waals surface area contributed by atoms with Gasteiger partial charge in [-0.3, -0.25) is 9.59 Å². The Hall–Kier alpha value is -3.48. The van der Waals surface area contributed by atoms with E-state index in [4.69, 9.17) is 9.47 Å². The summed E-state index contributed by atoms with van der Waals surface area (Å²) in [7, 11) is 0. The molecule has 0 unspecified atom stereocenters. The summed E-state index contributed by atoms with van der Waals surface area (Å²) in [6.45, 7) is 2.80. The molecule has 3 heterocycles. The predicted octanol–water partition coefficient (Wildman–Crippen LogP) is 3.84. The van der Waals surface area contributed by atoms with Crippen LogP contribution in [0.1, 0.15) is 48.7 Å². The quantitative estimate of drug-likeness (QED) is 0.662. The summed E-state index contributed by atoms with van der Waals surface area (Å²) in [4.78, 5) is 29.3. The smallest absolute Gasteiger partial charge is 0.271 e. The van der Waals surface area contributed by atoms with Crippen LogP contribution in [0.4, 0.5) is 0 Å². The molecule has 0 saturated heterocycles. The molecule has 3 aromatic rings. The van der Waals surface area contributed by atoms with Crippen LogP contribution in [0.3, 0.4) is 0 Å². The molecule has 1 aliphatic carbocycles. The molecule has 3 aliphatic rings. The second-order valence-electron chi connectivity index (χ2n) is 9.48. The number of nitrogens with zero attached hydrogens (tertiary/aromatic N) is 2. The molecule has 0 spiro atoms. The second-order valence-corrected chi connectivity index (χ2v) is 9.48. The van der Waals surface area contributed by atoms with Gasteiger partial charge in [-0.15, -0.1) is 0 Å². The van der Waals surface area contributed by atoms with E-state index in [1.165, 1.54) is 0 Å². The lowest BCUT2D eigenvalue weighted by atomic mass is 9.93. The maximum atomic E-state index is 13.9. The molecule has 33 heavy (non-hydrogen) atoms. The number of benzene rings is 2. The van der Waals surface area contributed by atoms with E-state index in [1.54, 1.807) is 4.90 Å². The zero-order valence-electron chi connectivity index (χ0n) is 18.7. The molecule has 2 amide bonds. The molecule has 7 heteroatoms. The molecule has 1 atom stereocenters. The van der Waals surface area contributed by atoms with Gasteiger partial charge in [0.05, 0.1) is 6.54 Å². The normalized spacial score (nSPS) is 22.1. The molecule has 2 aromatic carbocycles. The van der Waals surface area contributed by atoms with E-state index in [9.17, 15) is 9.59 Å². The van der Waals surface area contributed by atoms with Crippen LogP contribution in [0.15, 0.2) is 48.5 Å². The number of carbonyl (C=O) groups excluding carboxylic acids is 2. The van der Waals surface area contributed by atoms with Crippen molar-refractivity contribution in [1.29, 1.82) is 0 Å². The number of nitrogens with one attached hydrogen (secondary N) is 1. The largest absolute Gasteiger partial charge is 0.454 e. The predicted molar refractivity (Wildman–Crippen MR) is 123 cm³/mol. The maximum absolute atomic E-state index is 13.9. The molecule has 6 rings (SSSR count). The van der Waals surface area contributed by atoms with E-state index in [0.717, 1.165) is 42.1 Å². The van der Waals surface area contributed by atoms with Crippen LogP contribution >= 0.6 is 0 Å². The van der Waals surface area contributed by atoms with Gasteiger partial charge >= 0.3 is 0 Å². The maximum Gasteiger partial charge on any atom is 0.271 e. The number of carbonyl (C=O) groups is 2. The molecule has 1 aromatic heterocycles. The standard InChI is InChI=1S/C26H27N3O4/c1-26(25(31)27-19-7-3-4-8-19)15-28-20-9-5-2-6-18(20)13-21(28)24(30)29(26)14-17-10-11-22-23(12-17)33-16-32-22/h2,5-6,9-13,19H,3-4,7-8,14-16H2,1H3,(H,27,31)/t26-/m1/s1. The van der Waals surface area contributed by atoms with Crippen LogP contribution in [0.25, 0.3) is 10.9 Å². The number of aromatic nitrogens is 1. The molecule has 1 saturated carbocycles. The van der Waals surface area contributed by atoms with Crippen molar-refractivity contribution in [3.63, 3.8) is 0 Å². The Kier molecular flexibility index (Phi) is 4.60. The number of hydrogen-bond donors (Lipinski definition) is 1. The van der Waals surface area contributed by atoms with Crippen molar-refractivity contribution in [1.82, 2.24) is 14.8 Å². The lowest BCUT2D eigenvalue weighted by Gasteiger charge is -2.44. The Morgan fingerprint density at radius 3 is 2.73 bits per heavy atom. The fourth-order valence-electron chi connectivity index (χ4n) is 5.39. The number of hydrogen-bond acceptors (Lipinski definition) is 4. The van der Waals surface area contributed by atoms with Crippen LogP contribution in [-0.4, -0.2) is 39.7 Å². The third kappa shape index (κ3) is 3.25. The molecular formula is C26H27N3O4. The van der Waals surface area contributed by atoms with Gasteiger partial charge in [0.25, 0.3) is 5.91 Å². The van der Waals surface area contributed by atoms with Crippen molar-refractivity contribution in [2.75, 3.05) is 6.79 Å². The van der Waals surface area contributed by atoms with Crippen molar-refractivity contribution < 1.29 is 19.1 Å². The molecule has 2 aliphatic heterocycles. The van der Waals surface area contributed by atoms with E-state index in [-0.39, 0.29) is 24.6 Å². The van der Waals surface area contributed by atoms with Gasteiger partial charge < -0.3 is 24.3 Å². The van der Waals surface area contributed by atoms with Gasteiger partial charge in [-0.25, -0.2) is 0 Å². The van der Waals surface area contributed by atoms with Crippen LogP contribution in [0, 0.1) is 0 Å². The van der Waals surface area contributed by atoms with Gasteiger partial charge in [-0.05, 0) is 49.6 Å². The van der Waals surface area contributed by atoms with Crippen molar-refractivity contribution in [2.45, 2.75) is 57.3 Å². The summed E-state index contributed by atoms with van der Waals surface area (Å²) in [6.07, 6.45) is 4.26. The first-order chi connectivity index (χ1) is 16.0. The molecule has 0 bridgehead atoms. The number of ether oxygens (including phenoxy) is 2. The van der Waals surface area contributed by atoms with Gasteiger partial charge in [0, 0.05) is 23.5 Å². The van der Waals surface area contributed by atoms with Crippen LogP contribution in [0.2, 0.25) is 0 Å². The number of amides is 2. The summed E-state index contributed by atoms with van der Waals surface area (Å²) < 4.78 is 13.0. The molecule has 1 N–H and O–H groups in total. The van der Waals surface area contributed by atoms with E-state index >= 15 is 0 Å². The Morgan fingerprint density at radius 1 is 1.09 bits per heavy atom. The minimum Gasteiger partial charge on any atom is -0.454 e. The first-order valence-corrected chi connectivity index (χ1v) is 11.6. The Labute approximate surface area is 192 Å². The summed E-state index contributed by atoms with van der Waals surface area (Å²) in [5.41, 5.74) is 1.47. The zero-order chi connectivity index (χ0) is 22.6. The zero-order valence-corrected chi connectivity index (χ0v) is 18.7. The monoisotopic (exact) mass is 445 g/mol. The molecule has 1 fully saturated rings. The molecule has 170 valence electrons. The Bertz CT molecular complexity index is 1260. The van der Waals surface area contributed by atoms with E-state index in [1.807, 2.05) is 60.0 Å². The summed E-state index contributed by atoms with van der Waals surface area (Å²) in [5.74, 6) is 1.14. The molecule has 0 radical (unpaired) electrons. The number of rotatable bonds is 4. The average Bonchev–Trinajstić information content (AvgIpc) is 3.56. The minimum atomic E-state index is -1.02. The fourth-order valence-corrected chi connectivity index (χ4v) is 5.39. The topological polar surface area (TPSA) is 72.8 Å². The first-order valence-electron chi connectivity index (χ1n) is 11.6. The van der Waals surface area contributed by atoms with Crippen molar-refractivity contribution in [2.24, 2.45) is 0 Å². The first kappa shape index (κ1) is 20.1. The van der Waals surface area contributed by atoms with Crippen molar-refractivity contribution in [3.8, 4) is 11.5 Å². The summed E-state index contributed by atoms with van der Waals surface area (Å²) >= 11 is 0. The highest BCUT2D eigenvalue weighted by Crippen LogP contribution is 2.36. The molecular weight excluding hydrogens is 418 g/mol. The fraction of sp³-hybridized carbons (Fsp3) is 0.385. The Balaban J connectivity index is 1.40. The highest BCUT2D eigenvalue weighted by Gasteiger charge is 2.48. The van der Waals surface area contributed by atoms with Gasteiger partial charge in [0.2, 0.25) is 12.7 Å². The van der Waals surface area contributed by atoms with Crippen molar-refractivity contribution in [3.05, 3.63) is 59.8 Å². The van der Waals surface area contributed by atoms with Gasteiger partial charge in [0.15, 0.2) is 11.5 Å². The number of para-hydroxylation sites is 1. The third-order valence-electron chi connectivity index (χ3n) is 7.29. The third-order valence-corrected chi connectivity index (χ3v) is 7.29. The van der Waals surface area contributed by atoms with Gasteiger partial charge in [-0.1, -0.05) is 37.1 Å². The highest BCUT2D eigenvalue weighted by molar-refractivity contribution is 6.03. The van der Waals surface area contributed by atoms with E-state index in [0.29, 0.717) is 30.3 Å². The number of fused-ring (bicyclic) bond motifs is 4. The highest BCUT2D eigenvalue weighted by atomic mass is 16.7. The molecule has 7 nitrogen and oxygen atoms in total. The average molecular weight is 446 g/mol. The van der Waals surface area contributed by atoms with Crippen LogP contribution in [-0.2, 0) is 17.9 Å². The SMILES string of the molecule is C[C@]1(C(=O)NC2CCCC2)Cn2c(cc3ccccc32)C(=O)N1Cc1ccc2c(c1)OCO2. The second kappa shape index (κ2) is 7.54. The summed E-state index contributed by atoms with van der Waals surface area (Å²) in [5, 5.41) is 4.25. The van der Waals surface area contributed by atoms with E-state index in [2.05, 4.69) is 5.32 Å². The van der Waals surface area contributed by atoms with Crippen molar-refractivity contribution >= 4 is 22.7 Å². The van der Waals surface area contributed by atoms with Gasteiger partial charge in [-0.2, -0.15) is 0 Å². The Morgan fingerprint density at radius 2 is 1.88 bits per heavy atom. The minimum absolute atomic E-state index is 0.0908. The van der Waals surface area contributed by atoms with Crippen LogP contribution in [0.5, 0.6) is 11.5 Å². The van der Waals surface area contributed by atoms with Crippen LogP contribution < -0.4 is 14.8 Å². The lowest BCUT2D eigenvalue weighted by molar-refractivity contribution is -0.133. The van der Waals surface area contributed by atoms with Gasteiger partial charge in [0.1, 0.15) is 11.2 Å². The lowest BCUT2D eigenvalue weighted by Crippen LogP contribution is -2.64.